The third-order valence-electron chi connectivity index (χ3n) is 3.60. The highest BCUT2D eigenvalue weighted by Gasteiger charge is 2.40. The summed E-state index contributed by atoms with van der Waals surface area (Å²) >= 11 is 0. The molecule has 10 nitrogen and oxygen atoms in total. The van der Waals surface area contributed by atoms with Crippen molar-refractivity contribution in [1.82, 2.24) is 0 Å². The first-order chi connectivity index (χ1) is 13.6. The summed E-state index contributed by atoms with van der Waals surface area (Å²) in [5.41, 5.74) is -9.85. The van der Waals surface area contributed by atoms with Gasteiger partial charge in [-0.2, -0.15) is 26.3 Å². The lowest BCUT2D eigenvalue weighted by Crippen LogP contribution is -2.13. The normalized spacial score (nSPS) is 11.8. The number of nitro benzene ring substituents is 3. The SMILES string of the molecule is O=[N+]([O-])c1cc([N+](=O)[O-])c(Nc2ccc(C(F)(F)F)cc2[N+](=O)[O-])c(C(F)(F)F)c1. The zero-order chi connectivity index (χ0) is 23.0. The molecular weight excluding hydrogens is 434 g/mol. The van der Waals surface area contributed by atoms with E-state index in [1.165, 1.54) is 0 Å². The minimum absolute atomic E-state index is 0.0207. The quantitative estimate of drug-likeness (QED) is 0.383. The summed E-state index contributed by atoms with van der Waals surface area (Å²) in [6.07, 6.45) is -10.4. The van der Waals surface area contributed by atoms with Gasteiger partial charge in [-0.3, -0.25) is 30.3 Å². The van der Waals surface area contributed by atoms with Crippen LogP contribution in [0, 0.1) is 30.3 Å². The lowest BCUT2D eigenvalue weighted by atomic mass is 10.1. The molecule has 2 aromatic rings. The van der Waals surface area contributed by atoms with E-state index >= 15 is 0 Å². The predicted molar refractivity (Wildman–Crippen MR) is 86.1 cm³/mol. The molecule has 0 aliphatic carbocycles. The van der Waals surface area contributed by atoms with E-state index in [0.717, 1.165) is 0 Å². The van der Waals surface area contributed by atoms with Crippen molar-refractivity contribution in [2.45, 2.75) is 12.4 Å². The van der Waals surface area contributed by atoms with Gasteiger partial charge in [0.25, 0.3) is 17.1 Å². The van der Waals surface area contributed by atoms with Gasteiger partial charge in [-0.15, -0.1) is 0 Å². The average Bonchev–Trinajstić information content (AvgIpc) is 2.59. The molecule has 16 heteroatoms. The average molecular weight is 440 g/mol. The van der Waals surface area contributed by atoms with E-state index in [-0.39, 0.29) is 18.2 Å². The van der Waals surface area contributed by atoms with Gasteiger partial charge in [-0.1, -0.05) is 0 Å². The zero-order valence-electron chi connectivity index (χ0n) is 13.9. The van der Waals surface area contributed by atoms with E-state index in [1.807, 2.05) is 0 Å². The van der Waals surface area contributed by atoms with Crippen LogP contribution in [0.4, 0.5) is 54.8 Å². The molecule has 1 N–H and O–H groups in total. The van der Waals surface area contributed by atoms with Crippen molar-refractivity contribution in [2.75, 3.05) is 5.32 Å². The standard InChI is InChI=1S/C14H6F6N4O6/c15-13(16,17)6-1-2-9(10(3-6)23(27)28)21-12-8(14(18,19)20)4-7(22(25)26)5-11(12)24(29)30/h1-5,21H. The Balaban J connectivity index is 2.78. The Bertz CT molecular complexity index is 1050. The molecular formula is C14H6F6N4O6. The number of rotatable bonds is 5. The molecule has 0 amide bonds. The monoisotopic (exact) mass is 440 g/mol. The topological polar surface area (TPSA) is 141 Å². The molecule has 0 fully saturated rings. The van der Waals surface area contributed by atoms with Gasteiger partial charge in [0.05, 0.1) is 32.0 Å². The van der Waals surface area contributed by atoms with Crippen LogP contribution in [0.3, 0.4) is 0 Å². The van der Waals surface area contributed by atoms with Crippen LogP contribution in [-0.4, -0.2) is 14.8 Å². The second-order valence-electron chi connectivity index (χ2n) is 5.51. The maximum Gasteiger partial charge on any atom is 0.418 e. The van der Waals surface area contributed by atoms with Gasteiger partial charge < -0.3 is 5.32 Å². The number of non-ortho nitro benzene ring substituents is 1. The van der Waals surface area contributed by atoms with Gasteiger partial charge in [-0.25, -0.2) is 0 Å². The van der Waals surface area contributed by atoms with Crippen LogP contribution in [0.15, 0.2) is 30.3 Å². The second kappa shape index (κ2) is 7.45. The summed E-state index contributed by atoms with van der Waals surface area (Å²) in [7, 11) is 0. The summed E-state index contributed by atoms with van der Waals surface area (Å²) < 4.78 is 78.3. The van der Waals surface area contributed by atoms with Crippen LogP contribution in [0.1, 0.15) is 11.1 Å². The number of hydrogen-bond acceptors (Lipinski definition) is 7. The van der Waals surface area contributed by atoms with Gasteiger partial charge >= 0.3 is 12.4 Å². The Kier molecular flexibility index (Phi) is 5.54. The van der Waals surface area contributed by atoms with Gasteiger partial charge in [0.1, 0.15) is 11.4 Å². The molecule has 0 atom stereocenters. The lowest BCUT2D eigenvalue weighted by molar-refractivity contribution is -0.394. The van der Waals surface area contributed by atoms with Crippen molar-refractivity contribution in [3.05, 3.63) is 71.8 Å². The third kappa shape index (κ3) is 4.53. The van der Waals surface area contributed by atoms with Crippen molar-refractivity contribution in [3.8, 4) is 0 Å². The summed E-state index contributed by atoms with van der Waals surface area (Å²) in [6.45, 7) is 0. The van der Waals surface area contributed by atoms with Crippen LogP contribution in [0.2, 0.25) is 0 Å². The van der Waals surface area contributed by atoms with Crippen molar-refractivity contribution in [3.63, 3.8) is 0 Å². The number of benzene rings is 2. The highest BCUT2D eigenvalue weighted by molar-refractivity contribution is 5.79. The molecule has 0 aliphatic rings. The maximum absolute atomic E-state index is 13.3. The van der Waals surface area contributed by atoms with E-state index in [1.54, 1.807) is 5.32 Å². The molecule has 0 heterocycles. The van der Waals surface area contributed by atoms with Gasteiger partial charge in [0.2, 0.25) is 0 Å². The van der Waals surface area contributed by atoms with Crippen LogP contribution in [0.5, 0.6) is 0 Å². The lowest BCUT2D eigenvalue weighted by Gasteiger charge is -2.15. The van der Waals surface area contributed by atoms with Gasteiger partial charge in [0, 0.05) is 12.1 Å². The Labute approximate surface area is 160 Å². The maximum atomic E-state index is 13.3. The van der Waals surface area contributed by atoms with E-state index in [0.29, 0.717) is 12.1 Å². The first-order valence-corrected chi connectivity index (χ1v) is 7.29. The first kappa shape index (κ1) is 22.3. The molecule has 0 aliphatic heterocycles. The summed E-state index contributed by atoms with van der Waals surface area (Å²) in [4.78, 5) is 29.0. The van der Waals surface area contributed by atoms with Crippen molar-refractivity contribution < 1.29 is 41.1 Å². The summed E-state index contributed by atoms with van der Waals surface area (Å²) in [6, 6.07) is 0.859. The Hall–Kier alpha value is -3.98. The second-order valence-corrected chi connectivity index (χ2v) is 5.51. The van der Waals surface area contributed by atoms with Crippen LogP contribution in [-0.2, 0) is 12.4 Å². The molecule has 30 heavy (non-hydrogen) atoms. The van der Waals surface area contributed by atoms with Gasteiger partial charge in [-0.05, 0) is 12.1 Å². The largest absolute Gasteiger partial charge is 0.418 e. The predicted octanol–water partition coefficient (Wildman–Crippen LogP) is 5.19. The highest BCUT2D eigenvalue weighted by Crippen LogP contribution is 2.45. The van der Waals surface area contributed by atoms with E-state index in [9.17, 15) is 56.7 Å². The number of halogens is 6. The number of nitrogens with zero attached hydrogens (tertiary/aromatic N) is 3. The fourth-order valence-corrected chi connectivity index (χ4v) is 2.32. The highest BCUT2D eigenvalue weighted by atomic mass is 19.4. The smallest absolute Gasteiger partial charge is 0.344 e. The van der Waals surface area contributed by atoms with Crippen molar-refractivity contribution >= 4 is 28.4 Å². The Morgan fingerprint density at radius 2 is 1.30 bits per heavy atom. The molecule has 0 radical (unpaired) electrons. The molecule has 0 saturated carbocycles. The molecule has 0 bridgehead atoms. The van der Waals surface area contributed by atoms with E-state index in [4.69, 9.17) is 0 Å². The molecule has 160 valence electrons. The third-order valence-corrected chi connectivity index (χ3v) is 3.60. The van der Waals surface area contributed by atoms with Crippen LogP contribution in [0.25, 0.3) is 0 Å². The van der Waals surface area contributed by atoms with E-state index in [2.05, 4.69) is 0 Å². The van der Waals surface area contributed by atoms with Crippen molar-refractivity contribution in [1.29, 1.82) is 0 Å². The first-order valence-electron chi connectivity index (χ1n) is 7.29. The molecule has 2 rings (SSSR count). The fraction of sp³-hybridized carbons (Fsp3) is 0.143. The zero-order valence-corrected chi connectivity index (χ0v) is 13.9. The Morgan fingerprint density at radius 1 is 0.733 bits per heavy atom. The number of hydrogen-bond donors (Lipinski definition) is 1. The Morgan fingerprint density at radius 3 is 1.73 bits per heavy atom. The summed E-state index contributed by atoms with van der Waals surface area (Å²) in [5.74, 6) is 0. The molecule has 0 aromatic heterocycles. The number of alkyl halides is 6. The van der Waals surface area contributed by atoms with Gasteiger partial charge in [0.15, 0.2) is 0 Å². The van der Waals surface area contributed by atoms with Crippen molar-refractivity contribution in [2.24, 2.45) is 0 Å². The molecule has 0 saturated heterocycles. The number of nitrogens with one attached hydrogen (secondary N) is 1. The van der Waals surface area contributed by atoms with E-state index < -0.39 is 66.7 Å². The van der Waals surface area contributed by atoms with Crippen LogP contribution < -0.4 is 5.32 Å². The summed E-state index contributed by atoms with van der Waals surface area (Å²) in [5, 5.41) is 34.8. The molecule has 0 spiro atoms. The number of nitro groups is 3. The minimum Gasteiger partial charge on any atom is -0.344 e. The minimum atomic E-state index is -5.39. The number of anilines is 2. The van der Waals surface area contributed by atoms with Crippen LogP contribution >= 0.6 is 0 Å². The fourth-order valence-electron chi connectivity index (χ4n) is 2.32. The molecule has 0 unspecified atom stereocenters. The molecule has 2 aromatic carbocycles.